The van der Waals surface area contributed by atoms with Gasteiger partial charge >= 0.3 is 5.97 Å². The van der Waals surface area contributed by atoms with E-state index in [1.807, 2.05) is 18.2 Å². The lowest BCUT2D eigenvalue weighted by molar-refractivity contribution is -0.141. The summed E-state index contributed by atoms with van der Waals surface area (Å²) in [5.74, 6) is 1.68. The third-order valence-corrected chi connectivity index (χ3v) is 5.00. The summed E-state index contributed by atoms with van der Waals surface area (Å²) in [6.07, 6.45) is 1.57. The van der Waals surface area contributed by atoms with Gasteiger partial charge in [0.05, 0.1) is 6.61 Å². The fourth-order valence-electron chi connectivity index (χ4n) is 3.44. The Balaban J connectivity index is 1.76. The first-order valence-electron chi connectivity index (χ1n) is 9.06. The van der Waals surface area contributed by atoms with E-state index in [4.69, 9.17) is 14.2 Å². The highest BCUT2D eigenvalue weighted by Gasteiger charge is 2.29. The minimum atomic E-state index is -0.250. The number of rotatable bonds is 6. The van der Waals surface area contributed by atoms with E-state index in [0.717, 1.165) is 40.2 Å². The predicted molar refractivity (Wildman–Crippen MR) is 101 cm³/mol. The molecule has 0 bridgehead atoms. The molecule has 4 nitrogen and oxygen atoms in total. The third kappa shape index (κ3) is 3.85. The molecule has 3 rings (SSSR count). The number of carbonyl (C=O) groups is 1. The third-order valence-electron chi connectivity index (χ3n) is 5.00. The second-order valence-electron chi connectivity index (χ2n) is 6.86. The Morgan fingerprint density at radius 3 is 2.54 bits per heavy atom. The molecule has 0 N–H and O–H groups in total. The fraction of sp³-hybridized carbons (Fsp3) is 0.409. The van der Waals surface area contributed by atoms with Crippen LogP contribution in [0.15, 0.2) is 30.3 Å². The number of fused-ring (bicyclic) bond motifs is 1. The molecule has 1 atom stereocenters. The summed E-state index contributed by atoms with van der Waals surface area (Å²) in [4.78, 5) is 10.9. The van der Waals surface area contributed by atoms with Gasteiger partial charge in [-0.05, 0) is 43.0 Å². The van der Waals surface area contributed by atoms with Gasteiger partial charge in [-0.25, -0.2) is 0 Å². The van der Waals surface area contributed by atoms with Crippen LogP contribution < -0.4 is 9.47 Å². The lowest BCUT2D eigenvalue weighted by Gasteiger charge is -2.18. The maximum absolute atomic E-state index is 10.9. The Morgan fingerprint density at radius 1 is 1.12 bits per heavy atom. The highest BCUT2D eigenvalue weighted by molar-refractivity contribution is 5.65. The Labute approximate surface area is 155 Å². The van der Waals surface area contributed by atoms with Gasteiger partial charge in [0.1, 0.15) is 24.2 Å². The molecule has 26 heavy (non-hydrogen) atoms. The van der Waals surface area contributed by atoms with Gasteiger partial charge in [0.2, 0.25) is 0 Å². The van der Waals surface area contributed by atoms with Crippen molar-refractivity contribution in [3.63, 3.8) is 0 Å². The van der Waals surface area contributed by atoms with Gasteiger partial charge in [0.15, 0.2) is 0 Å². The van der Waals surface area contributed by atoms with Crippen LogP contribution in [0.4, 0.5) is 0 Å². The Morgan fingerprint density at radius 2 is 1.85 bits per heavy atom. The van der Waals surface area contributed by atoms with Crippen LogP contribution in [0.3, 0.4) is 0 Å². The molecule has 2 aromatic rings. The van der Waals surface area contributed by atoms with Crippen LogP contribution in [-0.4, -0.2) is 18.7 Å². The van der Waals surface area contributed by atoms with Crippen molar-refractivity contribution in [2.24, 2.45) is 0 Å². The van der Waals surface area contributed by atoms with Crippen LogP contribution >= 0.6 is 0 Å². The van der Waals surface area contributed by atoms with Crippen molar-refractivity contribution in [1.82, 2.24) is 0 Å². The van der Waals surface area contributed by atoms with Crippen LogP contribution in [0.2, 0.25) is 0 Å². The van der Waals surface area contributed by atoms with Gasteiger partial charge in [-0.15, -0.1) is 0 Å². The van der Waals surface area contributed by atoms with Crippen molar-refractivity contribution in [2.45, 2.75) is 53.2 Å². The Bertz CT molecular complexity index is 796. The number of hydrogen-bond acceptors (Lipinski definition) is 4. The lowest BCUT2D eigenvalue weighted by Crippen LogP contribution is -2.16. The van der Waals surface area contributed by atoms with E-state index in [0.29, 0.717) is 19.6 Å². The van der Waals surface area contributed by atoms with E-state index in [1.54, 1.807) is 0 Å². The molecule has 0 aromatic heterocycles. The molecule has 0 fully saturated rings. The van der Waals surface area contributed by atoms with Crippen molar-refractivity contribution in [3.8, 4) is 11.5 Å². The predicted octanol–water partition coefficient (Wildman–Crippen LogP) is 4.45. The maximum atomic E-state index is 10.9. The highest BCUT2D eigenvalue weighted by Crippen LogP contribution is 2.43. The van der Waals surface area contributed by atoms with E-state index in [9.17, 15) is 4.79 Å². The standard InChI is InChI=1S/C22H26O4/c1-14-15(2)22-20(12-19(26-22)10-11-24-17(4)23)16(3)21(14)25-13-18-8-6-5-7-9-18/h5-9,19H,10-13H2,1-4H3/t19-/m1/s1. The largest absolute Gasteiger partial charge is 0.489 e. The van der Waals surface area contributed by atoms with E-state index < -0.39 is 0 Å². The Kier molecular flexibility index (Phi) is 5.50. The fourth-order valence-corrected chi connectivity index (χ4v) is 3.44. The van der Waals surface area contributed by atoms with Crippen molar-refractivity contribution in [3.05, 3.63) is 58.1 Å². The summed E-state index contributed by atoms with van der Waals surface area (Å²) in [6.45, 7) is 8.64. The summed E-state index contributed by atoms with van der Waals surface area (Å²) in [5, 5.41) is 0. The topological polar surface area (TPSA) is 44.8 Å². The summed E-state index contributed by atoms with van der Waals surface area (Å²) in [5.41, 5.74) is 5.76. The van der Waals surface area contributed by atoms with Crippen LogP contribution in [0.1, 0.15) is 41.2 Å². The van der Waals surface area contributed by atoms with Gasteiger partial charge in [-0.3, -0.25) is 4.79 Å². The summed E-state index contributed by atoms with van der Waals surface area (Å²) < 4.78 is 17.4. The number of ether oxygens (including phenoxy) is 3. The average Bonchev–Trinajstić information content (AvgIpc) is 3.05. The molecule has 0 saturated heterocycles. The zero-order valence-corrected chi connectivity index (χ0v) is 15.9. The Hall–Kier alpha value is -2.49. The van der Waals surface area contributed by atoms with E-state index in [2.05, 4.69) is 32.9 Å². The molecule has 2 aromatic carbocycles. The molecule has 0 unspecified atom stereocenters. The number of esters is 1. The average molecular weight is 354 g/mol. The first-order chi connectivity index (χ1) is 12.5. The van der Waals surface area contributed by atoms with Gasteiger partial charge in [0, 0.05) is 25.3 Å². The van der Waals surface area contributed by atoms with Crippen molar-refractivity contribution in [1.29, 1.82) is 0 Å². The zero-order chi connectivity index (χ0) is 18.7. The monoisotopic (exact) mass is 354 g/mol. The molecule has 0 spiro atoms. The number of carbonyl (C=O) groups excluding carboxylic acids is 1. The molecule has 0 radical (unpaired) electrons. The molecular weight excluding hydrogens is 328 g/mol. The van der Waals surface area contributed by atoms with Crippen molar-refractivity contribution >= 4 is 5.97 Å². The normalized spacial score (nSPS) is 15.3. The van der Waals surface area contributed by atoms with Crippen molar-refractivity contribution in [2.75, 3.05) is 6.61 Å². The van der Waals surface area contributed by atoms with E-state index in [1.165, 1.54) is 12.5 Å². The van der Waals surface area contributed by atoms with Gasteiger partial charge in [-0.1, -0.05) is 30.3 Å². The molecule has 0 amide bonds. The van der Waals surface area contributed by atoms with Gasteiger partial charge in [0.25, 0.3) is 0 Å². The second kappa shape index (κ2) is 7.81. The SMILES string of the molecule is CC(=O)OCC[C@@H]1Cc2c(C)c(OCc3ccccc3)c(C)c(C)c2O1. The minimum absolute atomic E-state index is 0.0468. The molecule has 1 aliphatic heterocycles. The number of benzene rings is 2. The van der Waals surface area contributed by atoms with E-state index in [-0.39, 0.29) is 12.1 Å². The zero-order valence-electron chi connectivity index (χ0n) is 15.9. The van der Waals surface area contributed by atoms with Gasteiger partial charge in [-0.2, -0.15) is 0 Å². The lowest BCUT2D eigenvalue weighted by atomic mass is 9.95. The molecule has 0 aliphatic carbocycles. The molecular formula is C22H26O4. The minimum Gasteiger partial charge on any atom is -0.489 e. The first kappa shape index (κ1) is 18.3. The van der Waals surface area contributed by atoms with Gasteiger partial charge < -0.3 is 14.2 Å². The second-order valence-corrected chi connectivity index (χ2v) is 6.86. The smallest absolute Gasteiger partial charge is 0.302 e. The maximum Gasteiger partial charge on any atom is 0.302 e. The molecule has 4 heteroatoms. The summed E-state index contributed by atoms with van der Waals surface area (Å²) in [6, 6.07) is 10.2. The van der Waals surface area contributed by atoms with Crippen molar-refractivity contribution < 1.29 is 19.0 Å². The highest BCUT2D eigenvalue weighted by atomic mass is 16.5. The molecule has 138 valence electrons. The molecule has 1 heterocycles. The quantitative estimate of drug-likeness (QED) is 0.719. The molecule has 1 aliphatic rings. The van der Waals surface area contributed by atoms with Crippen LogP contribution in [-0.2, 0) is 22.6 Å². The van der Waals surface area contributed by atoms with Crippen LogP contribution in [0, 0.1) is 20.8 Å². The molecule has 0 saturated carbocycles. The number of hydrogen-bond donors (Lipinski definition) is 0. The van der Waals surface area contributed by atoms with Crippen LogP contribution in [0.5, 0.6) is 11.5 Å². The summed E-state index contributed by atoms with van der Waals surface area (Å²) in [7, 11) is 0. The summed E-state index contributed by atoms with van der Waals surface area (Å²) >= 11 is 0. The van der Waals surface area contributed by atoms with Crippen LogP contribution in [0.25, 0.3) is 0 Å². The van der Waals surface area contributed by atoms with E-state index >= 15 is 0 Å². The first-order valence-corrected chi connectivity index (χ1v) is 9.06.